The van der Waals surface area contributed by atoms with Crippen LogP contribution in [0.15, 0.2) is 72.3 Å². The van der Waals surface area contributed by atoms with E-state index >= 15 is 0 Å². The highest BCUT2D eigenvalue weighted by molar-refractivity contribution is 7.68. The van der Waals surface area contributed by atoms with Crippen LogP contribution in [0.2, 0.25) is 0 Å². The standard InChI is InChI=1S/C22H25OP/c1-22(2)18-14-13-17(21(22)15-18)16-23-24(19-9-5-3-6-10-19)20-11-7-4-8-12-20/h3-13,18,21H,14-16H2,1-2H3. The number of fused-ring (bicyclic) bond motifs is 1. The van der Waals surface area contributed by atoms with E-state index in [1.54, 1.807) is 0 Å². The van der Waals surface area contributed by atoms with Crippen molar-refractivity contribution >= 4 is 18.8 Å². The number of benzene rings is 2. The minimum Gasteiger partial charge on any atom is -0.345 e. The van der Waals surface area contributed by atoms with Crippen LogP contribution in [0.3, 0.4) is 0 Å². The fourth-order valence-corrected chi connectivity index (χ4v) is 5.96. The Morgan fingerprint density at radius 2 is 1.54 bits per heavy atom. The molecule has 2 bridgehead atoms. The lowest BCUT2D eigenvalue weighted by molar-refractivity contribution is -0.0110. The Hall–Kier alpha value is -1.43. The molecule has 3 aliphatic rings. The van der Waals surface area contributed by atoms with Gasteiger partial charge in [-0.3, -0.25) is 0 Å². The van der Waals surface area contributed by atoms with E-state index in [1.165, 1.54) is 29.0 Å². The van der Waals surface area contributed by atoms with Crippen molar-refractivity contribution in [3.05, 3.63) is 72.3 Å². The van der Waals surface area contributed by atoms with Crippen LogP contribution in [0, 0.1) is 17.3 Å². The number of hydrogen-bond acceptors (Lipinski definition) is 1. The topological polar surface area (TPSA) is 9.23 Å². The van der Waals surface area contributed by atoms with E-state index in [2.05, 4.69) is 80.6 Å². The summed E-state index contributed by atoms with van der Waals surface area (Å²) in [5, 5.41) is 2.58. The minimum atomic E-state index is -0.749. The summed E-state index contributed by atoms with van der Waals surface area (Å²) in [4.78, 5) is 0. The van der Waals surface area contributed by atoms with Gasteiger partial charge >= 0.3 is 0 Å². The van der Waals surface area contributed by atoms with Crippen LogP contribution in [-0.4, -0.2) is 6.61 Å². The van der Waals surface area contributed by atoms with Crippen LogP contribution in [0.1, 0.15) is 26.7 Å². The average molecular weight is 336 g/mol. The second kappa shape index (κ2) is 6.47. The molecule has 24 heavy (non-hydrogen) atoms. The van der Waals surface area contributed by atoms with Crippen LogP contribution in [-0.2, 0) is 4.52 Å². The highest BCUT2D eigenvalue weighted by atomic mass is 31.1. The van der Waals surface area contributed by atoms with Gasteiger partial charge in [-0.1, -0.05) is 80.6 Å². The van der Waals surface area contributed by atoms with Gasteiger partial charge in [0.1, 0.15) is 0 Å². The molecule has 2 heteroatoms. The fraction of sp³-hybridized carbons (Fsp3) is 0.364. The van der Waals surface area contributed by atoms with Gasteiger partial charge in [0.25, 0.3) is 0 Å². The molecule has 0 amide bonds. The first kappa shape index (κ1) is 16.1. The van der Waals surface area contributed by atoms with Crippen molar-refractivity contribution < 1.29 is 4.52 Å². The van der Waals surface area contributed by atoms with E-state index in [0.717, 1.165) is 18.4 Å². The first-order valence-corrected chi connectivity index (χ1v) is 10.1. The predicted octanol–water partition coefficient (Wildman–Crippen LogP) is 5.04. The molecule has 0 heterocycles. The first-order valence-electron chi connectivity index (χ1n) is 8.88. The van der Waals surface area contributed by atoms with Crippen LogP contribution < -0.4 is 10.6 Å². The van der Waals surface area contributed by atoms with Gasteiger partial charge in [0, 0.05) is 10.6 Å². The van der Waals surface area contributed by atoms with Crippen molar-refractivity contribution in [2.45, 2.75) is 26.7 Å². The zero-order chi connectivity index (χ0) is 16.6. The van der Waals surface area contributed by atoms with Gasteiger partial charge < -0.3 is 4.52 Å². The quantitative estimate of drug-likeness (QED) is 0.549. The molecule has 2 unspecified atom stereocenters. The van der Waals surface area contributed by atoms with E-state index in [4.69, 9.17) is 4.52 Å². The molecule has 0 radical (unpaired) electrons. The molecular weight excluding hydrogens is 311 g/mol. The van der Waals surface area contributed by atoms with E-state index in [9.17, 15) is 0 Å². The van der Waals surface area contributed by atoms with Gasteiger partial charge in [-0.15, -0.1) is 0 Å². The molecule has 0 aliphatic heterocycles. The summed E-state index contributed by atoms with van der Waals surface area (Å²) >= 11 is 0. The van der Waals surface area contributed by atoms with Gasteiger partial charge in [-0.2, -0.15) is 0 Å². The maximum absolute atomic E-state index is 6.54. The van der Waals surface area contributed by atoms with Crippen molar-refractivity contribution in [1.82, 2.24) is 0 Å². The highest BCUT2D eigenvalue weighted by Gasteiger charge is 2.51. The third-order valence-corrected chi connectivity index (χ3v) is 7.85. The summed E-state index contributed by atoms with van der Waals surface area (Å²) in [6, 6.07) is 21.3. The van der Waals surface area contributed by atoms with Crippen LogP contribution in [0.25, 0.3) is 0 Å². The van der Waals surface area contributed by atoms with Crippen molar-refractivity contribution in [2.24, 2.45) is 17.3 Å². The average Bonchev–Trinajstić information content (AvgIpc) is 2.63. The molecule has 1 nitrogen and oxygen atoms in total. The van der Waals surface area contributed by atoms with Crippen molar-refractivity contribution in [2.75, 3.05) is 6.61 Å². The van der Waals surface area contributed by atoms with Gasteiger partial charge in [0.2, 0.25) is 0 Å². The zero-order valence-corrected chi connectivity index (χ0v) is 15.4. The molecule has 3 aliphatic carbocycles. The Balaban J connectivity index is 1.54. The third kappa shape index (κ3) is 2.85. The summed E-state index contributed by atoms with van der Waals surface area (Å²) in [5.74, 6) is 1.61. The predicted molar refractivity (Wildman–Crippen MR) is 103 cm³/mol. The highest BCUT2D eigenvalue weighted by Crippen LogP contribution is 2.59. The molecule has 2 aromatic rings. The summed E-state index contributed by atoms with van der Waals surface area (Å²) in [6.45, 7) is 5.63. The molecule has 124 valence electrons. The van der Waals surface area contributed by atoms with E-state index in [1.807, 2.05) is 0 Å². The molecular formula is C22H25OP. The maximum atomic E-state index is 6.54. The number of allylic oxidation sites excluding steroid dienone is 1. The Morgan fingerprint density at radius 1 is 0.958 bits per heavy atom. The van der Waals surface area contributed by atoms with Crippen molar-refractivity contribution in [3.63, 3.8) is 0 Å². The largest absolute Gasteiger partial charge is 0.345 e. The molecule has 2 atom stereocenters. The molecule has 0 saturated heterocycles. The van der Waals surface area contributed by atoms with Gasteiger partial charge in [0.15, 0.2) is 0 Å². The van der Waals surface area contributed by atoms with E-state index in [-0.39, 0.29) is 0 Å². The van der Waals surface area contributed by atoms with Crippen LogP contribution in [0.5, 0.6) is 0 Å². The minimum absolute atomic E-state index is 0.468. The number of hydrogen-bond donors (Lipinski definition) is 0. The van der Waals surface area contributed by atoms with Crippen LogP contribution in [0.4, 0.5) is 0 Å². The van der Waals surface area contributed by atoms with E-state index < -0.39 is 8.15 Å². The Labute approximate surface area is 146 Å². The Kier molecular flexibility index (Phi) is 4.33. The molecule has 1 fully saturated rings. The fourth-order valence-electron chi connectivity index (χ4n) is 4.20. The second-order valence-corrected chi connectivity index (χ2v) is 9.44. The Morgan fingerprint density at radius 3 is 2.04 bits per heavy atom. The first-order chi connectivity index (χ1) is 11.7. The van der Waals surface area contributed by atoms with E-state index in [0.29, 0.717) is 5.41 Å². The zero-order valence-electron chi connectivity index (χ0n) is 14.5. The normalized spacial score (nSPS) is 24.4. The third-order valence-electron chi connectivity index (χ3n) is 5.92. The lowest BCUT2D eigenvalue weighted by Crippen LogP contribution is -2.48. The molecule has 0 N–H and O–H groups in total. The molecule has 0 aromatic heterocycles. The smallest absolute Gasteiger partial charge is 0.0922 e. The van der Waals surface area contributed by atoms with Crippen LogP contribution >= 0.6 is 8.15 Å². The van der Waals surface area contributed by atoms with Gasteiger partial charge in [0.05, 0.1) is 14.8 Å². The Bertz CT molecular complexity index is 681. The molecule has 0 spiro atoms. The monoisotopic (exact) mass is 336 g/mol. The molecule has 2 aromatic carbocycles. The summed E-state index contributed by atoms with van der Waals surface area (Å²) in [5.41, 5.74) is 2.00. The van der Waals surface area contributed by atoms with Gasteiger partial charge in [-0.25, -0.2) is 0 Å². The summed E-state index contributed by atoms with van der Waals surface area (Å²) in [6.07, 6.45) is 5.04. The molecule has 5 rings (SSSR count). The molecule has 1 saturated carbocycles. The second-order valence-electron chi connectivity index (χ2n) is 7.56. The van der Waals surface area contributed by atoms with Gasteiger partial charge in [-0.05, 0) is 35.7 Å². The summed E-state index contributed by atoms with van der Waals surface area (Å²) < 4.78 is 6.54. The van der Waals surface area contributed by atoms with Crippen molar-refractivity contribution in [3.8, 4) is 0 Å². The SMILES string of the molecule is CC1(C)C2CC=C(COP(c3ccccc3)c3ccccc3)C1C2. The van der Waals surface area contributed by atoms with Crippen molar-refractivity contribution in [1.29, 1.82) is 0 Å². The number of rotatable bonds is 5. The maximum Gasteiger partial charge on any atom is 0.0922 e. The lowest BCUT2D eigenvalue weighted by Gasteiger charge is -2.56. The summed E-state index contributed by atoms with van der Waals surface area (Å²) in [7, 11) is -0.749. The lowest BCUT2D eigenvalue weighted by atomic mass is 9.49.